The molecule has 0 N–H and O–H groups in total. The third-order valence-electron chi connectivity index (χ3n) is 4.43. The molecular weight excluding hydrogens is 232 g/mol. The van der Waals surface area contributed by atoms with Crippen molar-refractivity contribution >= 4 is 9.84 Å². The lowest BCUT2D eigenvalue weighted by Gasteiger charge is -2.24. The van der Waals surface area contributed by atoms with Crippen molar-refractivity contribution < 1.29 is 8.42 Å². The van der Waals surface area contributed by atoms with Gasteiger partial charge >= 0.3 is 0 Å². The molecule has 0 bridgehead atoms. The summed E-state index contributed by atoms with van der Waals surface area (Å²) in [6, 6.07) is 0. The molecular formula is C14H26O2S. The molecule has 3 heteroatoms. The van der Waals surface area contributed by atoms with Crippen LogP contribution in [0.25, 0.3) is 0 Å². The average Bonchev–Trinajstić information content (AvgIpc) is 2.30. The van der Waals surface area contributed by atoms with Gasteiger partial charge in [0, 0.05) is 0 Å². The van der Waals surface area contributed by atoms with Crippen LogP contribution in [-0.4, -0.2) is 19.9 Å². The summed E-state index contributed by atoms with van der Waals surface area (Å²) in [4.78, 5) is 0. The summed E-state index contributed by atoms with van der Waals surface area (Å²) in [5, 5.41) is 0. The maximum Gasteiger partial charge on any atom is 0.150 e. The van der Waals surface area contributed by atoms with Gasteiger partial charge < -0.3 is 0 Å². The molecule has 2 rings (SSSR count). The van der Waals surface area contributed by atoms with E-state index in [2.05, 4.69) is 0 Å². The van der Waals surface area contributed by atoms with Crippen molar-refractivity contribution in [2.75, 3.05) is 11.5 Å². The predicted octanol–water partition coefficient (Wildman–Crippen LogP) is 3.56. The molecule has 0 amide bonds. The molecule has 2 fully saturated rings. The van der Waals surface area contributed by atoms with Crippen molar-refractivity contribution in [2.45, 2.75) is 64.2 Å². The Morgan fingerprint density at radius 3 is 1.35 bits per heavy atom. The van der Waals surface area contributed by atoms with Crippen LogP contribution in [0.1, 0.15) is 64.2 Å². The van der Waals surface area contributed by atoms with Crippen LogP contribution >= 0.6 is 0 Å². The Morgan fingerprint density at radius 2 is 1.00 bits per heavy atom. The second-order valence-corrected chi connectivity index (χ2v) is 8.24. The predicted molar refractivity (Wildman–Crippen MR) is 71.8 cm³/mol. The topological polar surface area (TPSA) is 34.1 Å². The van der Waals surface area contributed by atoms with Crippen LogP contribution < -0.4 is 0 Å². The highest BCUT2D eigenvalue weighted by atomic mass is 32.2. The van der Waals surface area contributed by atoms with Crippen LogP contribution in [0.5, 0.6) is 0 Å². The van der Waals surface area contributed by atoms with Gasteiger partial charge in [-0.05, 0) is 37.5 Å². The molecule has 2 nitrogen and oxygen atoms in total. The van der Waals surface area contributed by atoms with Gasteiger partial charge in [-0.15, -0.1) is 0 Å². The quantitative estimate of drug-likeness (QED) is 0.772. The minimum Gasteiger partial charge on any atom is -0.229 e. The fourth-order valence-electron chi connectivity index (χ4n) is 3.49. The zero-order valence-electron chi connectivity index (χ0n) is 10.9. The van der Waals surface area contributed by atoms with Crippen molar-refractivity contribution in [3.63, 3.8) is 0 Å². The molecule has 17 heavy (non-hydrogen) atoms. The first-order chi connectivity index (χ1) is 8.16. The third-order valence-corrected chi connectivity index (χ3v) is 6.39. The molecule has 0 heterocycles. The Labute approximate surface area is 106 Å². The lowest BCUT2D eigenvalue weighted by Crippen LogP contribution is -2.25. The zero-order valence-corrected chi connectivity index (χ0v) is 11.7. The molecule has 0 aliphatic heterocycles. The van der Waals surface area contributed by atoms with E-state index < -0.39 is 9.84 Å². The van der Waals surface area contributed by atoms with Gasteiger partial charge in [-0.3, -0.25) is 0 Å². The Kier molecular flexibility index (Phi) is 4.89. The van der Waals surface area contributed by atoms with Gasteiger partial charge in [0.1, 0.15) is 0 Å². The molecule has 2 aliphatic rings. The summed E-state index contributed by atoms with van der Waals surface area (Å²) in [6.45, 7) is 0. The highest BCUT2D eigenvalue weighted by molar-refractivity contribution is 7.91. The summed E-state index contributed by atoms with van der Waals surface area (Å²) in [5.74, 6) is 1.89. The summed E-state index contributed by atoms with van der Waals surface area (Å²) in [7, 11) is -2.78. The summed E-state index contributed by atoms with van der Waals surface area (Å²) >= 11 is 0. The number of rotatable bonds is 4. The molecule has 2 saturated carbocycles. The van der Waals surface area contributed by atoms with Gasteiger partial charge in [-0.2, -0.15) is 0 Å². The van der Waals surface area contributed by atoms with Gasteiger partial charge in [0.05, 0.1) is 11.5 Å². The van der Waals surface area contributed by atoms with E-state index in [-0.39, 0.29) is 0 Å². The number of sulfone groups is 1. The fraction of sp³-hybridized carbons (Fsp3) is 1.00. The van der Waals surface area contributed by atoms with Crippen LogP contribution in [0.4, 0.5) is 0 Å². The second-order valence-electron chi connectivity index (χ2n) is 6.08. The second kappa shape index (κ2) is 6.21. The molecule has 0 aromatic heterocycles. The van der Waals surface area contributed by atoms with Gasteiger partial charge in [0.2, 0.25) is 0 Å². The third kappa shape index (κ3) is 4.61. The first kappa shape index (κ1) is 13.4. The molecule has 0 atom stereocenters. The van der Waals surface area contributed by atoms with Gasteiger partial charge in [-0.1, -0.05) is 38.5 Å². The minimum atomic E-state index is -2.78. The van der Waals surface area contributed by atoms with Gasteiger partial charge in [0.15, 0.2) is 9.84 Å². The zero-order chi connectivity index (χ0) is 12.1. The van der Waals surface area contributed by atoms with Crippen molar-refractivity contribution in [1.29, 1.82) is 0 Å². The standard InChI is InChI=1S/C14H26O2S/c15-17(16,11-13-7-3-1-4-8-13)12-14-9-5-2-6-10-14/h13-14H,1-12H2. The van der Waals surface area contributed by atoms with E-state index in [1.54, 1.807) is 0 Å². The first-order valence-electron chi connectivity index (χ1n) is 7.36. The SMILES string of the molecule is O=S(=O)(CC1CCCCC1)CC1CCCCC1. The molecule has 0 aromatic rings. The van der Waals surface area contributed by atoms with Crippen LogP contribution in [-0.2, 0) is 9.84 Å². The van der Waals surface area contributed by atoms with E-state index in [1.165, 1.54) is 38.5 Å². The monoisotopic (exact) mass is 258 g/mol. The number of hydrogen-bond acceptors (Lipinski definition) is 2. The minimum absolute atomic E-state index is 0.470. The van der Waals surface area contributed by atoms with Gasteiger partial charge in [0.25, 0.3) is 0 Å². The van der Waals surface area contributed by atoms with E-state index >= 15 is 0 Å². The van der Waals surface area contributed by atoms with Crippen molar-refractivity contribution in [1.82, 2.24) is 0 Å². The van der Waals surface area contributed by atoms with Crippen molar-refractivity contribution in [3.8, 4) is 0 Å². The Morgan fingerprint density at radius 1 is 0.647 bits per heavy atom. The molecule has 2 aliphatic carbocycles. The Bertz CT molecular complexity index is 283. The van der Waals surface area contributed by atoms with Crippen LogP contribution in [0, 0.1) is 11.8 Å². The lowest BCUT2D eigenvalue weighted by atomic mass is 9.91. The highest BCUT2D eigenvalue weighted by Crippen LogP contribution is 2.28. The maximum absolute atomic E-state index is 12.2. The average molecular weight is 258 g/mol. The first-order valence-corrected chi connectivity index (χ1v) is 9.18. The van der Waals surface area contributed by atoms with Crippen molar-refractivity contribution in [3.05, 3.63) is 0 Å². The summed E-state index contributed by atoms with van der Waals surface area (Å²) in [6.07, 6.45) is 12.1. The normalized spacial score (nSPS) is 24.9. The van der Waals surface area contributed by atoms with E-state index in [1.807, 2.05) is 0 Å². The van der Waals surface area contributed by atoms with Crippen molar-refractivity contribution in [2.24, 2.45) is 11.8 Å². The van der Waals surface area contributed by atoms with Crippen LogP contribution in [0.3, 0.4) is 0 Å². The van der Waals surface area contributed by atoms with Gasteiger partial charge in [-0.25, -0.2) is 8.42 Å². The maximum atomic E-state index is 12.2. The Balaban J connectivity index is 1.80. The fourth-order valence-corrected chi connectivity index (χ4v) is 5.73. The van der Waals surface area contributed by atoms with E-state index in [0.717, 1.165) is 25.7 Å². The molecule has 0 aromatic carbocycles. The lowest BCUT2D eigenvalue weighted by molar-refractivity contribution is 0.373. The molecule has 0 unspecified atom stereocenters. The highest BCUT2D eigenvalue weighted by Gasteiger charge is 2.25. The molecule has 100 valence electrons. The van der Waals surface area contributed by atoms with E-state index in [9.17, 15) is 8.42 Å². The van der Waals surface area contributed by atoms with Crippen LogP contribution in [0.2, 0.25) is 0 Å². The summed E-state index contributed by atoms with van der Waals surface area (Å²) < 4.78 is 24.3. The largest absolute Gasteiger partial charge is 0.229 e. The molecule has 0 saturated heterocycles. The smallest absolute Gasteiger partial charge is 0.150 e. The molecule has 0 spiro atoms. The molecule has 0 radical (unpaired) electrons. The Hall–Kier alpha value is -0.0500. The van der Waals surface area contributed by atoms with E-state index in [0.29, 0.717) is 23.3 Å². The van der Waals surface area contributed by atoms with E-state index in [4.69, 9.17) is 0 Å². The summed E-state index contributed by atoms with van der Waals surface area (Å²) in [5.41, 5.74) is 0. The van der Waals surface area contributed by atoms with Crippen LogP contribution in [0.15, 0.2) is 0 Å². The number of hydrogen-bond donors (Lipinski definition) is 0.